The summed E-state index contributed by atoms with van der Waals surface area (Å²) >= 11 is 0. The van der Waals surface area contributed by atoms with Gasteiger partial charge in [-0.05, 0) is 12.8 Å². The molecule has 6 heteroatoms. The molecular formula is C5H16NO4P. The van der Waals surface area contributed by atoms with Crippen LogP contribution in [0.1, 0.15) is 20.8 Å². The second-order valence-corrected chi connectivity index (χ2v) is 4.98. The van der Waals surface area contributed by atoms with Crippen LogP contribution in [0.15, 0.2) is 0 Å². The smallest absolute Gasteiger partial charge is 0.345 e. The van der Waals surface area contributed by atoms with E-state index in [1.54, 1.807) is 13.8 Å². The van der Waals surface area contributed by atoms with Crippen LogP contribution in [-0.4, -0.2) is 20.5 Å². The second-order valence-electron chi connectivity index (χ2n) is 2.92. The van der Waals surface area contributed by atoms with Crippen LogP contribution >= 0.6 is 7.60 Å². The van der Waals surface area contributed by atoms with Crippen molar-refractivity contribution in [3.05, 3.63) is 0 Å². The zero-order valence-corrected chi connectivity index (χ0v) is 7.80. The molecule has 0 saturated heterocycles. The van der Waals surface area contributed by atoms with Gasteiger partial charge in [0.1, 0.15) is 5.28 Å². The molecule has 0 aliphatic heterocycles. The number of hydrogen-bond donors (Lipinski definition) is 3. The van der Waals surface area contributed by atoms with Crippen LogP contribution in [0.5, 0.6) is 0 Å². The summed E-state index contributed by atoms with van der Waals surface area (Å²) in [6.45, 7) is 4.72. The molecule has 0 bridgehead atoms. The third-order valence-electron chi connectivity index (χ3n) is 1.80. The number of rotatable bonds is 2. The van der Waals surface area contributed by atoms with Crippen molar-refractivity contribution in [2.24, 2.45) is 11.7 Å². The van der Waals surface area contributed by atoms with Crippen molar-refractivity contribution in [1.29, 1.82) is 0 Å². The number of nitrogens with two attached hydrogens (primary N) is 1. The van der Waals surface area contributed by atoms with Crippen LogP contribution in [0.2, 0.25) is 0 Å². The number of hydrogen-bond acceptors (Lipinski definition) is 2. The first-order chi connectivity index (χ1) is 4.19. The van der Waals surface area contributed by atoms with Gasteiger partial charge in [-0.2, -0.15) is 0 Å². The molecule has 0 heterocycles. The molecule has 0 aliphatic rings. The van der Waals surface area contributed by atoms with Crippen molar-refractivity contribution in [1.82, 2.24) is 0 Å². The maximum atomic E-state index is 10.7. The van der Waals surface area contributed by atoms with Gasteiger partial charge in [0, 0.05) is 0 Å². The highest BCUT2D eigenvalue weighted by molar-refractivity contribution is 7.53. The Morgan fingerprint density at radius 1 is 1.45 bits per heavy atom. The van der Waals surface area contributed by atoms with E-state index in [2.05, 4.69) is 0 Å². The summed E-state index contributed by atoms with van der Waals surface area (Å²) in [5.74, 6) is -0.228. The lowest BCUT2D eigenvalue weighted by atomic mass is 10.1. The van der Waals surface area contributed by atoms with Gasteiger partial charge in [-0.3, -0.25) is 4.57 Å². The summed E-state index contributed by atoms with van der Waals surface area (Å²) < 4.78 is 10.7. The molecule has 1 atom stereocenters. The van der Waals surface area contributed by atoms with E-state index in [1.807, 2.05) is 0 Å². The lowest BCUT2D eigenvalue weighted by Gasteiger charge is -2.29. The van der Waals surface area contributed by atoms with Gasteiger partial charge in [0.2, 0.25) is 0 Å². The molecule has 0 rings (SSSR count). The third kappa shape index (κ3) is 2.89. The van der Waals surface area contributed by atoms with Gasteiger partial charge < -0.3 is 21.0 Å². The molecule has 0 radical (unpaired) electrons. The lowest BCUT2D eigenvalue weighted by molar-refractivity contribution is 0.300. The molecule has 0 saturated carbocycles. The highest BCUT2D eigenvalue weighted by atomic mass is 31.2. The van der Waals surface area contributed by atoms with Crippen molar-refractivity contribution in [2.45, 2.75) is 26.1 Å². The topological polar surface area (TPSA) is 115 Å². The Kier molecular flexibility index (Phi) is 4.52. The fourth-order valence-corrected chi connectivity index (χ4v) is 1.01. The van der Waals surface area contributed by atoms with E-state index in [0.29, 0.717) is 0 Å². The Labute approximate surface area is 66.1 Å². The van der Waals surface area contributed by atoms with E-state index in [1.165, 1.54) is 6.92 Å². The average Bonchev–Trinajstić information content (AvgIpc) is 1.62. The van der Waals surface area contributed by atoms with E-state index in [9.17, 15) is 4.57 Å². The van der Waals surface area contributed by atoms with Crippen molar-refractivity contribution in [2.75, 3.05) is 0 Å². The summed E-state index contributed by atoms with van der Waals surface area (Å²) in [6, 6.07) is 0. The SMILES string of the molecule is CC(C)C(C)(N)P(=O)(O)O.O. The van der Waals surface area contributed by atoms with Crippen molar-refractivity contribution in [3.8, 4) is 0 Å². The molecule has 6 N–H and O–H groups in total. The predicted octanol–water partition coefficient (Wildman–Crippen LogP) is -0.330. The van der Waals surface area contributed by atoms with Crippen LogP contribution in [0.25, 0.3) is 0 Å². The van der Waals surface area contributed by atoms with Gasteiger partial charge >= 0.3 is 7.60 Å². The standard InChI is InChI=1S/C5H14NO3P.H2O/c1-4(2)5(3,6)10(7,8)9;/h4H,6H2,1-3H3,(H2,7,8,9);1H2. The minimum Gasteiger partial charge on any atom is -0.412 e. The fraction of sp³-hybridized carbons (Fsp3) is 1.00. The van der Waals surface area contributed by atoms with Crippen molar-refractivity contribution < 1.29 is 19.8 Å². The highest BCUT2D eigenvalue weighted by Gasteiger charge is 2.41. The van der Waals surface area contributed by atoms with Gasteiger partial charge in [-0.15, -0.1) is 0 Å². The van der Waals surface area contributed by atoms with E-state index in [4.69, 9.17) is 15.5 Å². The second kappa shape index (κ2) is 3.65. The Morgan fingerprint density at radius 2 is 1.73 bits per heavy atom. The van der Waals surface area contributed by atoms with Crippen LogP contribution in [0.4, 0.5) is 0 Å². The Balaban J connectivity index is 0. The van der Waals surface area contributed by atoms with Gasteiger partial charge in [0.05, 0.1) is 0 Å². The Bertz CT molecular complexity index is 162. The maximum Gasteiger partial charge on any atom is 0.345 e. The monoisotopic (exact) mass is 185 g/mol. The van der Waals surface area contributed by atoms with Gasteiger partial charge in [-0.25, -0.2) is 0 Å². The minimum atomic E-state index is -4.15. The van der Waals surface area contributed by atoms with Crippen LogP contribution in [0, 0.1) is 5.92 Å². The zero-order chi connectivity index (χ0) is 8.58. The molecule has 0 aliphatic carbocycles. The van der Waals surface area contributed by atoms with Crippen molar-refractivity contribution >= 4 is 7.60 Å². The first-order valence-corrected chi connectivity index (χ1v) is 4.65. The molecule has 0 aromatic rings. The predicted molar refractivity (Wildman–Crippen MR) is 43.1 cm³/mol. The van der Waals surface area contributed by atoms with Crippen LogP contribution in [0.3, 0.4) is 0 Å². The lowest BCUT2D eigenvalue weighted by Crippen LogP contribution is -2.41. The average molecular weight is 185 g/mol. The minimum absolute atomic E-state index is 0. The third-order valence-corrected chi connectivity index (χ3v) is 3.57. The first-order valence-electron chi connectivity index (χ1n) is 3.04. The fourth-order valence-electron chi connectivity index (χ4n) is 0.336. The summed E-state index contributed by atoms with van der Waals surface area (Å²) in [5, 5.41) is -1.40. The summed E-state index contributed by atoms with van der Waals surface area (Å²) in [7, 11) is -4.15. The van der Waals surface area contributed by atoms with E-state index >= 15 is 0 Å². The molecule has 0 amide bonds. The molecule has 1 unspecified atom stereocenters. The molecule has 0 aromatic carbocycles. The molecule has 0 spiro atoms. The largest absolute Gasteiger partial charge is 0.412 e. The molecule has 5 nitrogen and oxygen atoms in total. The van der Waals surface area contributed by atoms with Gasteiger partial charge in [0.25, 0.3) is 0 Å². The molecule has 0 aromatic heterocycles. The normalized spacial score (nSPS) is 17.4. The summed E-state index contributed by atoms with van der Waals surface area (Å²) in [5.41, 5.74) is 5.37. The van der Waals surface area contributed by atoms with E-state index in [-0.39, 0.29) is 11.4 Å². The molecule has 11 heavy (non-hydrogen) atoms. The first kappa shape index (κ1) is 13.6. The van der Waals surface area contributed by atoms with Gasteiger partial charge in [-0.1, -0.05) is 13.8 Å². The van der Waals surface area contributed by atoms with E-state index < -0.39 is 12.9 Å². The quantitative estimate of drug-likeness (QED) is 0.511. The van der Waals surface area contributed by atoms with Crippen molar-refractivity contribution in [3.63, 3.8) is 0 Å². The molecule has 0 fully saturated rings. The van der Waals surface area contributed by atoms with Crippen LogP contribution in [-0.2, 0) is 4.57 Å². The van der Waals surface area contributed by atoms with Gasteiger partial charge in [0.15, 0.2) is 0 Å². The highest BCUT2D eigenvalue weighted by Crippen LogP contribution is 2.50. The Morgan fingerprint density at radius 3 is 1.73 bits per heavy atom. The van der Waals surface area contributed by atoms with E-state index in [0.717, 1.165) is 0 Å². The van der Waals surface area contributed by atoms with Crippen LogP contribution < -0.4 is 5.73 Å². The molecule has 70 valence electrons. The maximum absolute atomic E-state index is 10.7. The summed E-state index contributed by atoms with van der Waals surface area (Å²) in [6.07, 6.45) is 0. The molecular weight excluding hydrogens is 169 g/mol. The summed E-state index contributed by atoms with van der Waals surface area (Å²) in [4.78, 5) is 17.4. The zero-order valence-electron chi connectivity index (χ0n) is 6.90. The Hall–Kier alpha value is 0.0700.